The Labute approximate surface area is 270 Å². The SMILES string of the molecule is CC(C)(C)C(=O)OCN1C(=O)C=CC1=O.CC(C)(C)C(=O)OCN1C(=O)C=CC1=O.COC(COCCOC(=O)C(C)(C)C)OC. The standard InChI is InChI=1S/C11H22O5.2C10H13NO4/c1-11(2,3)10(12)16-7-6-15-8-9(13-4)14-5;2*1-10(2,3)9(14)15-6-11-7(12)4-5-8(11)13/h9H,6-8H2,1-5H3;2*4-5H,6H2,1-3H3. The summed E-state index contributed by atoms with van der Waals surface area (Å²) in [4.78, 5) is 80.1. The molecule has 0 spiro atoms. The molecule has 0 saturated carbocycles. The number of carbonyl (C=O) groups is 7. The van der Waals surface area contributed by atoms with Crippen molar-refractivity contribution >= 4 is 41.5 Å². The first-order valence-corrected chi connectivity index (χ1v) is 14.3. The number of esters is 3. The first kappa shape index (κ1) is 42.0. The van der Waals surface area contributed by atoms with E-state index in [0.29, 0.717) is 13.2 Å². The summed E-state index contributed by atoms with van der Waals surface area (Å²) in [5.74, 6) is -2.96. The Bertz CT molecular complexity index is 1050. The lowest BCUT2D eigenvalue weighted by Crippen LogP contribution is -2.35. The molecule has 0 unspecified atom stereocenters. The molecule has 0 bridgehead atoms. The van der Waals surface area contributed by atoms with Gasteiger partial charge in [-0.1, -0.05) is 0 Å². The fraction of sp³-hybridized carbons (Fsp3) is 0.645. The number of carbonyl (C=O) groups excluding carboxylic acids is 7. The fourth-order valence-electron chi connectivity index (χ4n) is 2.62. The third-order valence-corrected chi connectivity index (χ3v) is 5.53. The Hall–Kier alpha value is -3.95. The van der Waals surface area contributed by atoms with E-state index in [-0.39, 0.29) is 32.3 Å². The molecule has 0 aromatic carbocycles. The first-order valence-electron chi connectivity index (χ1n) is 14.3. The monoisotopic (exact) mass is 656 g/mol. The molecule has 2 rings (SSSR count). The molecule has 4 amide bonds. The van der Waals surface area contributed by atoms with Gasteiger partial charge >= 0.3 is 17.9 Å². The molecule has 0 aromatic heterocycles. The molecule has 46 heavy (non-hydrogen) atoms. The number of amides is 4. The molecule has 260 valence electrons. The first-order chi connectivity index (χ1) is 21.1. The Morgan fingerprint density at radius 3 is 1.15 bits per heavy atom. The van der Waals surface area contributed by atoms with E-state index in [1.807, 2.05) is 20.8 Å². The summed E-state index contributed by atoms with van der Waals surface area (Å²) in [5, 5.41) is 0. The van der Waals surface area contributed by atoms with Crippen LogP contribution in [0, 0.1) is 16.2 Å². The third-order valence-electron chi connectivity index (χ3n) is 5.53. The second-order valence-corrected chi connectivity index (χ2v) is 12.9. The third kappa shape index (κ3) is 15.9. The minimum Gasteiger partial charge on any atom is -0.463 e. The lowest BCUT2D eigenvalue weighted by molar-refractivity contribution is -0.163. The van der Waals surface area contributed by atoms with E-state index in [1.165, 1.54) is 14.2 Å². The molecule has 2 aliphatic rings. The molecule has 15 nitrogen and oxygen atoms in total. The van der Waals surface area contributed by atoms with Crippen LogP contribution in [-0.4, -0.2) is 105 Å². The number of imide groups is 2. The summed E-state index contributed by atoms with van der Waals surface area (Å²) >= 11 is 0. The van der Waals surface area contributed by atoms with Gasteiger partial charge in [-0.05, 0) is 62.3 Å². The zero-order valence-electron chi connectivity index (χ0n) is 28.6. The minimum atomic E-state index is -0.640. The summed E-state index contributed by atoms with van der Waals surface area (Å²) in [5.41, 5.74) is -1.75. The molecule has 0 aliphatic carbocycles. The molecule has 0 N–H and O–H groups in total. The molecular formula is C31H48N2O13. The van der Waals surface area contributed by atoms with E-state index >= 15 is 0 Å². The molecule has 0 atom stereocenters. The number of nitrogens with zero attached hydrogens (tertiary/aromatic N) is 2. The zero-order valence-corrected chi connectivity index (χ0v) is 28.6. The van der Waals surface area contributed by atoms with Crippen molar-refractivity contribution < 1.29 is 62.0 Å². The van der Waals surface area contributed by atoms with Crippen molar-refractivity contribution in [1.29, 1.82) is 0 Å². The molecule has 0 aromatic rings. The summed E-state index contributed by atoms with van der Waals surface area (Å²) < 4.78 is 29.7. The normalized spacial score (nSPS) is 14.6. The van der Waals surface area contributed by atoms with E-state index < -0.39 is 51.8 Å². The van der Waals surface area contributed by atoms with Crippen LogP contribution < -0.4 is 0 Å². The van der Waals surface area contributed by atoms with Crippen LogP contribution in [0.25, 0.3) is 0 Å². The van der Waals surface area contributed by atoms with Gasteiger partial charge in [0.2, 0.25) is 0 Å². The summed E-state index contributed by atoms with van der Waals surface area (Å²) in [6, 6.07) is 0. The molecule has 2 heterocycles. The van der Waals surface area contributed by atoms with E-state index in [1.54, 1.807) is 41.5 Å². The summed E-state index contributed by atoms with van der Waals surface area (Å²) in [7, 11) is 3.08. The van der Waals surface area contributed by atoms with Crippen molar-refractivity contribution in [3.05, 3.63) is 24.3 Å². The van der Waals surface area contributed by atoms with Gasteiger partial charge in [0.05, 0.1) is 29.5 Å². The Kier molecular flexibility index (Phi) is 17.3. The molecule has 15 heteroatoms. The number of ether oxygens (including phenoxy) is 6. The number of hydrogen-bond donors (Lipinski definition) is 0. The van der Waals surface area contributed by atoms with Gasteiger partial charge in [-0.3, -0.25) is 33.6 Å². The molecular weight excluding hydrogens is 608 g/mol. The van der Waals surface area contributed by atoms with Crippen LogP contribution in [-0.2, 0) is 62.0 Å². The molecule has 0 radical (unpaired) electrons. The summed E-state index contributed by atoms with van der Waals surface area (Å²) in [6.07, 6.45) is 4.21. The fourth-order valence-corrected chi connectivity index (χ4v) is 2.62. The largest absolute Gasteiger partial charge is 0.463 e. The van der Waals surface area contributed by atoms with Crippen molar-refractivity contribution in [1.82, 2.24) is 9.80 Å². The van der Waals surface area contributed by atoms with Gasteiger partial charge < -0.3 is 28.4 Å². The van der Waals surface area contributed by atoms with Crippen LogP contribution >= 0.6 is 0 Å². The molecule has 2 aliphatic heterocycles. The highest BCUT2D eigenvalue weighted by molar-refractivity contribution is 6.13. The predicted molar refractivity (Wildman–Crippen MR) is 162 cm³/mol. The average molecular weight is 657 g/mol. The van der Waals surface area contributed by atoms with Gasteiger partial charge in [0.15, 0.2) is 19.8 Å². The van der Waals surface area contributed by atoms with Crippen LogP contribution in [0.3, 0.4) is 0 Å². The van der Waals surface area contributed by atoms with Crippen molar-refractivity contribution in [2.24, 2.45) is 16.2 Å². The highest BCUT2D eigenvalue weighted by Gasteiger charge is 2.29. The summed E-state index contributed by atoms with van der Waals surface area (Å²) in [6.45, 7) is 15.9. The second-order valence-electron chi connectivity index (χ2n) is 12.9. The highest BCUT2D eigenvalue weighted by atomic mass is 16.7. The van der Waals surface area contributed by atoms with Crippen molar-refractivity contribution in [2.45, 2.75) is 68.6 Å². The van der Waals surface area contributed by atoms with Gasteiger partial charge in [-0.15, -0.1) is 0 Å². The Balaban J connectivity index is 0.000000660. The highest BCUT2D eigenvalue weighted by Crippen LogP contribution is 2.17. The predicted octanol–water partition coefficient (Wildman–Crippen LogP) is 2.13. The van der Waals surface area contributed by atoms with Gasteiger partial charge in [-0.2, -0.15) is 0 Å². The Morgan fingerprint density at radius 1 is 0.565 bits per heavy atom. The van der Waals surface area contributed by atoms with Gasteiger partial charge in [0, 0.05) is 38.5 Å². The van der Waals surface area contributed by atoms with Crippen molar-refractivity contribution in [3.8, 4) is 0 Å². The maximum absolute atomic E-state index is 11.3. The minimum absolute atomic E-state index is 0.230. The lowest BCUT2D eigenvalue weighted by Gasteiger charge is -2.19. The maximum Gasteiger partial charge on any atom is 0.312 e. The van der Waals surface area contributed by atoms with Crippen LogP contribution in [0.5, 0.6) is 0 Å². The van der Waals surface area contributed by atoms with Crippen molar-refractivity contribution in [3.63, 3.8) is 0 Å². The van der Waals surface area contributed by atoms with Crippen molar-refractivity contribution in [2.75, 3.05) is 47.5 Å². The van der Waals surface area contributed by atoms with Crippen LogP contribution in [0.1, 0.15) is 62.3 Å². The van der Waals surface area contributed by atoms with E-state index in [2.05, 4.69) is 0 Å². The average Bonchev–Trinajstić information content (AvgIpc) is 3.45. The van der Waals surface area contributed by atoms with Crippen LogP contribution in [0.2, 0.25) is 0 Å². The number of methoxy groups -OCH3 is 2. The van der Waals surface area contributed by atoms with Gasteiger partial charge in [-0.25, -0.2) is 9.80 Å². The maximum atomic E-state index is 11.3. The Morgan fingerprint density at radius 2 is 0.870 bits per heavy atom. The smallest absolute Gasteiger partial charge is 0.312 e. The van der Waals surface area contributed by atoms with Crippen LogP contribution in [0.15, 0.2) is 24.3 Å². The van der Waals surface area contributed by atoms with Gasteiger partial charge in [0.1, 0.15) is 6.61 Å². The molecule has 0 saturated heterocycles. The van der Waals surface area contributed by atoms with Gasteiger partial charge in [0.25, 0.3) is 23.6 Å². The quantitative estimate of drug-likeness (QED) is 0.104. The number of hydrogen-bond acceptors (Lipinski definition) is 13. The molecule has 0 fully saturated rings. The van der Waals surface area contributed by atoms with E-state index in [9.17, 15) is 33.6 Å². The van der Waals surface area contributed by atoms with E-state index in [4.69, 9.17) is 28.4 Å². The number of rotatable bonds is 11. The lowest BCUT2D eigenvalue weighted by atomic mass is 9.97. The second kappa shape index (κ2) is 18.9. The zero-order chi connectivity index (χ0) is 35.9. The topological polar surface area (TPSA) is 181 Å². The van der Waals surface area contributed by atoms with E-state index in [0.717, 1.165) is 34.1 Å². The van der Waals surface area contributed by atoms with Crippen LogP contribution in [0.4, 0.5) is 0 Å².